The van der Waals surface area contributed by atoms with Crippen molar-refractivity contribution in [3.63, 3.8) is 0 Å². The number of benzene rings is 1. The zero-order chi connectivity index (χ0) is 13.2. The predicted molar refractivity (Wildman–Crippen MR) is 80.5 cm³/mol. The molecule has 4 nitrogen and oxygen atoms in total. The normalized spacial score (nSPS) is 10.8. The Morgan fingerprint density at radius 2 is 2.00 bits per heavy atom. The molecule has 0 amide bonds. The lowest BCUT2D eigenvalue weighted by atomic mass is 10.4. The third kappa shape index (κ3) is 2.56. The van der Waals surface area contributed by atoms with Crippen LogP contribution in [0.1, 0.15) is 4.88 Å². The Bertz CT molecular complexity index is 709. The first-order chi connectivity index (χ1) is 9.26. The van der Waals surface area contributed by atoms with E-state index in [0.717, 1.165) is 20.1 Å². The summed E-state index contributed by atoms with van der Waals surface area (Å²) >= 11 is 3.27. The molecular formula is C13H12N4S2. The Labute approximate surface area is 119 Å². The maximum Gasteiger partial charge on any atom is 0.239 e. The lowest BCUT2D eigenvalue weighted by Gasteiger charge is -2.04. The number of fused-ring (bicyclic) bond motifs is 1. The lowest BCUT2D eigenvalue weighted by molar-refractivity contribution is 1.08. The molecule has 2 aromatic heterocycles. The number of rotatable bonds is 3. The molecule has 0 bridgehead atoms. The van der Waals surface area contributed by atoms with Gasteiger partial charge in [0.2, 0.25) is 5.95 Å². The summed E-state index contributed by atoms with van der Waals surface area (Å²) in [5.74, 6) is 5.88. The van der Waals surface area contributed by atoms with Crippen molar-refractivity contribution in [2.75, 3.05) is 5.43 Å². The number of hydrogen-bond acceptors (Lipinski definition) is 6. The highest BCUT2D eigenvalue weighted by atomic mass is 32.2. The van der Waals surface area contributed by atoms with Gasteiger partial charge in [0.15, 0.2) is 0 Å². The van der Waals surface area contributed by atoms with E-state index in [2.05, 4.69) is 40.5 Å². The molecule has 0 unspecified atom stereocenters. The molecule has 0 spiro atoms. The Kier molecular flexibility index (Phi) is 3.37. The number of thiophene rings is 1. The molecule has 96 valence electrons. The van der Waals surface area contributed by atoms with Crippen LogP contribution in [0.5, 0.6) is 0 Å². The van der Waals surface area contributed by atoms with Gasteiger partial charge in [0.1, 0.15) is 9.86 Å². The van der Waals surface area contributed by atoms with E-state index in [0.29, 0.717) is 5.95 Å². The number of nitrogens with zero attached hydrogens (tertiary/aromatic N) is 2. The summed E-state index contributed by atoms with van der Waals surface area (Å²) in [4.78, 5) is 12.1. The van der Waals surface area contributed by atoms with Gasteiger partial charge in [0.25, 0.3) is 0 Å². The minimum Gasteiger partial charge on any atom is -0.292 e. The van der Waals surface area contributed by atoms with Gasteiger partial charge >= 0.3 is 0 Å². The Balaban J connectivity index is 2.10. The number of hydrazine groups is 1. The largest absolute Gasteiger partial charge is 0.292 e. The SMILES string of the molecule is Cc1cc2c(Sc3ccccc3)nc(NN)nc2s1. The molecule has 19 heavy (non-hydrogen) atoms. The average molecular weight is 288 g/mol. The van der Waals surface area contributed by atoms with Crippen molar-refractivity contribution < 1.29 is 0 Å². The van der Waals surface area contributed by atoms with E-state index in [1.54, 1.807) is 23.1 Å². The summed E-state index contributed by atoms with van der Waals surface area (Å²) in [5.41, 5.74) is 2.53. The van der Waals surface area contributed by atoms with Crippen LogP contribution >= 0.6 is 23.1 Å². The van der Waals surface area contributed by atoms with Crippen molar-refractivity contribution in [3.8, 4) is 0 Å². The molecule has 0 aliphatic heterocycles. The summed E-state index contributed by atoms with van der Waals surface area (Å²) < 4.78 is 0. The van der Waals surface area contributed by atoms with Crippen LogP contribution in [0.3, 0.4) is 0 Å². The molecular weight excluding hydrogens is 276 g/mol. The van der Waals surface area contributed by atoms with Crippen molar-refractivity contribution in [1.29, 1.82) is 0 Å². The maximum atomic E-state index is 5.43. The molecule has 3 N–H and O–H groups in total. The van der Waals surface area contributed by atoms with Crippen LogP contribution in [-0.4, -0.2) is 9.97 Å². The Morgan fingerprint density at radius 1 is 1.21 bits per heavy atom. The average Bonchev–Trinajstić information content (AvgIpc) is 2.80. The van der Waals surface area contributed by atoms with Gasteiger partial charge in [-0.3, -0.25) is 5.43 Å². The smallest absolute Gasteiger partial charge is 0.239 e. The molecule has 3 aromatic rings. The minimum absolute atomic E-state index is 0.452. The fourth-order valence-electron chi connectivity index (χ4n) is 1.76. The molecule has 0 saturated heterocycles. The van der Waals surface area contributed by atoms with Gasteiger partial charge in [-0.2, -0.15) is 0 Å². The fourth-order valence-corrected chi connectivity index (χ4v) is 3.62. The van der Waals surface area contributed by atoms with Crippen LogP contribution in [0, 0.1) is 6.92 Å². The number of nitrogen functional groups attached to an aromatic ring is 1. The van der Waals surface area contributed by atoms with Crippen LogP contribution < -0.4 is 11.3 Å². The first kappa shape index (κ1) is 12.4. The number of nitrogens with two attached hydrogens (primary N) is 1. The molecule has 6 heteroatoms. The summed E-state index contributed by atoms with van der Waals surface area (Å²) in [6.45, 7) is 2.07. The van der Waals surface area contributed by atoms with Gasteiger partial charge in [0.05, 0.1) is 0 Å². The zero-order valence-corrected chi connectivity index (χ0v) is 11.9. The maximum absolute atomic E-state index is 5.43. The first-order valence-electron chi connectivity index (χ1n) is 5.74. The number of hydrogen-bond donors (Lipinski definition) is 2. The second-order valence-electron chi connectivity index (χ2n) is 3.99. The third-order valence-electron chi connectivity index (χ3n) is 2.57. The first-order valence-corrected chi connectivity index (χ1v) is 7.37. The molecule has 0 saturated carbocycles. The lowest BCUT2D eigenvalue weighted by Crippen LogP contribution is -2.10. The highest BCUT2D eigenvalue weighted by molar-refractivity contribution is 7.99. The summed E-state index contributed by atoms with van der Waals surface area (Å²) in [7, 11) is 0. The number of aromatic nitrogens is 2. The Morgan fingerprint density at radius 3 is 2.74 bits per heavy atom. The van der Waals surface area contributed by atoms with E-state index in [1.165, 1.54) is 4.88 Å². The van der Waals surface area contributed by atoms with E-state index in [9.17, 15) is 0 Å². The van der Waals surface area contributed by atoms with Crippen molar-refractivity contribution >= 4 is 39.3 Å². The third-order valence-corrected chi connectivity index (χ3v) is 4.52. The van der Waals surface area contributed by atoms with Gasteiger partial charge in [-0.15, -0.1) is 11.3 Å². The predicted octanol–water partition coefficient (Wildman–Crippen LogP) is 3.44. The van der Waals surface area contributed by atoms with Crippen molar-refractivity contribution in [2.24, 2.45) is 5.84 Å². The number of aryl methyl sites for hydroxylation is 1. The van der Waals surface area contributed by atoms with Gasteiger partial charge in [-0.05, 0) is 25.1 Å². The second-order valence-corrected chi connectivity index (χ2v) is 6.28. The fraction of sp³-hybridized carbons (Fsp3) is 0.0769. The van der Waals surface area contributed by atoms with E-state index in [-0.39, 0.29) is 0 Å². The molecule has 3 rings (SSSR count). The molecule has 0 radical (unpaired) electrons. The van der Waals surface area contributed by atoms with E-state index in [1.807, 2.05) is 18.2 Å². The quantitative estimate of drug-likeness (QED) is 0.439. The van der Waals surface area contributed by atoms with Crippen LogP contribution in [0.4, 0.5) is 5.95 Å². The monoisotopic (exact) mass is 288 g/mol. The number of anilines is 1. The summed E-state index contributed by atoms with van der Waals surface area (Å²) in [6.07, 6.45) is 0. The van der Waals surface area contributed by atoms with E-state index < -0.39 is 0 Å². The minimum atomic E-state index is 0.452. The zero-order valence-electron chi connectivity index (χ0n) is 10.3. The number of nitrogens with one attached hydrogen (secondary N) is 1. The summed E-state index contributed by atoms with van der Waals surface area (Å²) in [6, 6.07) is 12.3. The molecule has 1 aromatic carbocycles. The standard InChI is InChI=1S/C13H12N4S2/c1-8-7-10-11(18-8)15-13(17-14)16-12(10)19-9-5-3-2-4-6-9/h2-7H,14H2,1H3,(H,15,16,17). The van der Waals surface area contributed by atoms with Gasteiger partial charge in [-0.25, -0.2) is 15.8 Å². The molecule has 0 atom stereocenters. The van der Waals surface area contributed by atoms with E-state index in [4.69, 9.17) is 5.84 Å². The van der Waals surface area contributed by atoms with Gasteiger partial charge < -0.3 is 0 Å². The molecule has 0 aliphatic rings. The molecule has 0 fully saturated rings. The van der Waals surface area contributed by atoms with Crippen LogP contribution in [0.15, 0.2) is 46.3 Å². The van der Waals surface area contributed by atoms with Crippen molar-refractivity contribution in [1.82, 2.24) is 9.97 Å². The van der Waals surface area contributed by atoms with Crippen LogP contribution in [0.2, 0.25) is 0 Å². The van der Waals surface area contributed by atoms with E-state index >= 15 is 0 Å². The molecule has 0 aliphatic carbocycles. The van der Waals surface area contributed by atoms with Crippen LogP contribution in [-0.2, 0) is 0 Å². The van der Waals surface area contributed by atoms with Crippen molar-refractivity contribution in [3.05, 3.63) is 41.3 Å². The van der Waals surface area contributed by atoms with Crippen LogP contribution in [0.25, 0.3) is 10.2 Å². The highest BCUT2D eigenvalue weighted by Gasteiger charge is 2.11. The van der Waals surface area contributed by atoms with Gasteiger partial charge in [0, 0.05) is 15.2 Å². The highest BCUT2D eigenvalue weighted by Crippen LogP contribution is 2.35. The molecule has 2 heterocycles. The summed E-state index contributed by atoms with van der Waals surface area (Å²) in [5, 5.41) is 2.00. The van der Waals surface area contributed by atoms with Crippen molar-refractivity contribution in [2.45, 2.75) is 16.8 Å². The second kappa shape index (κ2) is 5.16. The Hall–Kier alpha value is -1.63. The topological polar surface area (TPSA) is 63.8 Å². The van der Waals surface area contributed by atoms with Gasteiger partial charge in [-0.1, -0.05) is 30.0 Å².